The highest BCUT2D eigenvalue weighted by molar-refractivity contribution is 6.22. The van der Waals surface area contributed by atoms with Crippen molar-refractivity contribution in [3.8, 4) is 0 Å². The number of benzene rings is 1. The summed E-state index contributed by atoms with van der Waals surface area (Å²) in [5.41, 5.74) is 6.86. The topological polar surface area (TPSA) is 92.9 Å². The minimum absolute atomic E-state index is 0.0455. The molecular weight excluding hydrogens is 334 g/mol. The SMILES string of the molecule is NCC1CCCN1C(=O)c1ccc2c(c1)C(=O)N(CC1CCCO1)C2=O. The molecule has 0 bridgehead atoms. The number of likely N-dealkylation sites (tertiary alicyclic amines) is 1. The van der Waals surface area contributed by atoms with Gasteiger partial charge in [-0.1, -0.05) is 0 Å². The van der Waals surface area contributed by atoms with Crippen molar-refractivity contribution in [3.63, 3.8) is 0 Å². The molecule has 1 aromatic rings. The molecule has 2 saturated heterocycles. The number of amides is 3. The highest BCUT2D eigenvalue weighted by Crippen LogP contribution is 2.27. The molecule has 0 aromatic heterocycles. The molecule has 3 amide bonds. The molecule has 2 atom stereocenters. The number of ether oxygens (including phenoxy) is 1. The number of nitrogens with zero attached hydrogens (tertiary/aromatic N) is 2. The largest absolute Gasteiger partial charge is 0.376 e. The van der Waals surface area contributed by atoms with Crippen LogP contribution < -0.4 is 5.73 Å². The number of hydrogen-bond acceptors (Lipinski definition) is 5. The van der Waals surface area contributed by atoms with Gasteiger partial charge in [-0.2, -0.15) is 0 Å². The van der Waals surface area contributed by atoms with Crippen molar-refractivity contribution in [2.24, 2.45) is 5.73 Å². The van der Waals surface area contributed by atoms with Gasteiger partial charge in [0.15, 0.2) is 0 Å². The molecule has 0 radical (unpaired) electrons. The Morgan fingerprint density at radius 1 is 1.15 bits per heavy atom. The minimum Gasteiger partial charge on any atom is -0.376 e. The van der Waals surface area contributed by atoms with Crippen LogP contribution in [0.1, 0.15) is 56.8 Å². The fourth-order valence-corrected chi connectivity index (χ4v) is 4.10. The number of nitrogens with two attached hydrogens (primary N) is 1. The van der Waals surface area contributed by atoms with Crippen LogP contribution in [0.2, 0.25) is 0 Å². The maximum Gasteiger partial charge on any atom is 0.261 e. The Labute approximate surface area is 152 Å². The summed E-state index contributed by atoms with van der Waals surface area (Å²) >= 11 is 0. The van der Waals surface area contributed by atoms with Crippen molar-refractivity contribution in [2.75, 3.05) is 26.2 Å². The fraction of sp³-hybridized carbons (Fsp3) is 0.526. The molecule has 2 fully saturated rings. The number of hydrogen-bond donors (Lipinski definition) is 1. The monoisotopic (exact) mass is 357 g/mol. The number of imide groups is 1. The average Bonchev–Trinajstić information content (AvgIpc) is 3.38. The van der Waals surface area contributed by atoms with E-state index in [1.807, 2.05) is 0 Å². The number of rotatable bonds is 4. The molecule has 3 aliphatic rings. The molecule has 138 valence electrons. The molecule has 0 saturated carbocycles. The van der Waals surface area contributed by atoms with Crippen molar-refractivity contribution < 1.29 is 19.1 Å². The number of carbonyl (C=O) groups excluding carboxylic acids is 3. The lowest BCUT2D eigenvalue weighted by Gasteiger charge is -2.23. The van der Waals surface area contributed by atoms with Gasteiger partial charge in [0.25, 0.3) is 17.7 Å². The summed E-state index contributed by atoms with van der Waals surface area (Å²) in [5, 5.41) is 0. The van der Waals surface area contributed by atoms with Gasteiger partial charge >= 0.3 is 0 Å². The summed E-state index contributed by atoms with van der Waals surface area (Å²) in [6.07, 6.45) is 3.55. The van der Waals surface area contributed by atoms with Gasteiger partial charge in [0.2, 0.25) is 0 Å². The normalized spacial score (nSPS) is 25.3. The molecule has 0 aliphatic carbocycles. The standard InChI is InChI=1S/C19H23N3O4/c20-10-13-3-1-7-21(13)17(23)12-5-6-15-16(9-12)19(25)22(18(15)24)11-14-4-2-8-26-14/h5-6,9,13-14H,1-4,7-8,10-11,20H2. The van der Waals surface area contributed by atoms with Gasteiger partial charge in [0, 0.05) is 31.3 Å². The van der Waals surface area contributed by atoms with Crippen LogP contribution in [0.4, 0.5) is 0 Å². The first-order valence-electron chi connectivity index (χ1n) is 9.23. The summed E-state index contributed by atoms with van der Waals surface area (Å²) in [5.74, 6) is -0.772. The second kappa shape index (κ2) is 6.81. The highest BCUT2D eigenvalue weighted by Gasteiger charge is 2.38. The molecule has 3 heterocycles. The van der Waals surface area contributed by atoms with Gasteiger partial charge in [-0.25, -0.2) is 0 Å². The van der Waals surface area contributed by atoms with Gasteiger partial charge in [0.05, 0.1) is 23.8 Å². The number of carbonyl (C=O) groups is 3. The van der Waals surface area contributed by atoms with E-state index in [2.05, 4.69) is 0 Å². The molecule has 3 aliphatic heterocycles. The molecule has 7 heteroatoms. The first kappa shape index (κ1) is 17.2. The molecule has 2 unspecified atom stereocenters. The maximum atomic E-state index is 12.8. The van der Waals surface area contributed by atoms with E-state index in [1.165, 1.54) is 4.90 Å². The van der Waals surface area contributed by atoms with E-state index in [0.29, 0.717) is 36.4 Å². The predicted octanol–water partition coefficient (Wildman–Crippen LogP) is 1.02. The Balaban J connectivity index is 1.56. The van der Waals surface area contributed by atoms with Crippen molar-refractivity contribution in [1.82, 2.24) is 9.80 Å². The summed E-state index contributed by atoms with van der Waals surface area (Å²) in [6.45, 7) is 2.06. The molecule has 0 spiro atoms. The van der Waals surface area contributed by atoms with Gasteiger partial charge in [0.1, 0.15) is 0 Å². The van der Waals surface area contributed by atoms with Crippen molar-refractivity contribution in [2.45, 2.75) is 37.8 Å². The van der Waals surface area contributed by atoms with E-state index < -0.39 is 0 Å². The van der Waals surface area contributed by atoms with E-state index in [9.17, 15) is 14.4 Å². The second-order valence-corrected chi connectivity index (χ2v) is 7.15. The van der Waals surface area contributed by atoms with E-state index in [1.54, 1.807) is 23.1 Å². The molecule has 26 heavy (non-hydrogen) atoms. The van der Waals surface area contributed by atoms with Crippen LogP contribution in [0.5, 0.6) is 0 Å². The van der Waals surface area contributed by atoms with Crippen LogP contribution in [-0.2, 0) is 4.74 Å². The van der Waals surface area contributed by atoms with Gasteiger partial charge in [-0.15, -0.1) is 0 Å². The summed E-state index contributed by atoms with van der Waals surface area (Å²) in [7, 11) is 0. The Morgan fingerprint density at radius 2 is 1.96 bits per heavy atom. The molecule has 2 N–H and O–H groups in total. The Kier molecular flexibility index (Phi) is 4.50. The summed E-state index contributed by atoms with van der Waals surface area (Å²) in [4.78, 5) is 41.1. The van der Waals surface area contributed by atoms with Crippen LogP contribution in [0, 0.1) is 0 Å². The lowest BCUT2D eigenvalue weighted by Crippen LogP contribution is -2.40. The highest BCUT2D eigenvalue weighted by atomic mass is 16.5. The van der Waals surface area contributed by atoms with E-state index in [4.69, 9.17) is 10.5 Å². The van der Waals surface area contributed by atoms with Crippen LogP contribution in [-0.4, -0.2) is 65.9 Å². The molecule has 1 aromatic carbocycles. The lowest BCUT2D eigenvalue weighted by atomic mass is 10.0. The Hall–Kier alpha value is -2.25. The minimum atomic E-state index is -0.341. The molecule has 7 nitrogen and oxygen atoms in total. The van der Waals surface area contributed by atoms with Crippen molar-refractivity contribution >= 4 is 17.7 Å². The zero-order valence-corrected chi connectivity index (χ0v) is 14.6. The molecule has 4 rings (SSSR count). The van der Waals surface area contributed by atoms with Gasteiger partial charge in [-0.3, -0.25) is 19.3 Å². The zero-order valence-electron chi connectivity index (χ0n) is 14.6. The third-order valence-corrected chi connectivity index (χ3v) is 5.54. The Morgan fingerprint density at radius 3 is 2.69 bits per heavy atom. The van der Waals surface area contributed by atoms with Crippen LogP contribution >= 0.6 is 0 Å². The lowest BCUT2D eigenvalue weighted by molar-refractivity contribution is 0.0475. The zero-order chi connectivity index (χ0) is 18.3. The predicted molar refractivity (Wildman–Crippen MR) is 93.9 cm³/mol. The van der Waals surface area contributed by atoms with Crippen molar-refractivity contribution in [3.05, 3.63) is 34.9 Å². The van der Waals surface area contributed by atoms with Crippen LogP contribution in [0.25, 0.3) is 0 Å². The first-order chi connectivity index (χ1) is 12.6. The first-order valence-corrected chi connectivity index (χ1v) is 9.23. The second-order valence-electron chi connectivity index (χ2n) is 7.15. The fourth-order valence-electron chi connectivity index (χ4n) is 4.10. The summed E-state index contributed by atoms with van der Waals surface area (Å²) < 4.78 is 5.55. The maximum absolute atomic E-state index is 12.8. The van der Waals surface area contributed by atoms with Crippen LogP contribution in [0.3, 0.4) is 0 Å². The van der Waals surface area contributed by atoms with Crippen LogP contribution in [0.15, 0.2) is 18.2 Å². The van der Waals surface area contributed by atoms with E-state index in [-0.39, 0.29) is 36.4 Å². The average molecular weight is 357 g/mol. The third kappa shape index (κ3) is 2.81. The van der Waals surface area contributed by atoms with E-state index >= 15 is 0 Å². The quantitative estimate of drug-likeness (QED) is 0.813. The summed E-state index contributed by atoms with van der Waals surface area (Å²) in [6, 6.07) is 4.82. The van der Waals surface area contributed by atoms with Gasteiger partial charge < -0.3 is 15.4 Å². The van der Waals surface area contributed by atoms with E-state index in [0.717, 1.165) is 25.7 Å². The van der Waals surface area contributed by atoms with Gasteiger partial charge in [-0.05, 0) is 43.9 Å². The smallest absolute Gasteiger partial charge is 0.261 e. The molecular formula is C19H23N3O4. The third-order valence-electron chi connectivity index (χ3n) is 5.54. The Bertz CT molecular complexity index is 757. The number of fused-ring (bicyclic) bond motifs is 1. The van der Waals surface area contributed by atoms with Crippen molar-refractivity contribution in [1.29, 1.82) is 0 Å².